The van der Waals surface area contributed by atoms with E-state index in [1.807, 2.05) is 0 Å². The van der Waals surface area contributed by atoms with Crippen molar-refractivity contribution >= 4 is 31.1 Å². The molecule has 64 valence electrons. The first-order valence-corrected chi connectivity index (χ1v) is 4.74. The second kappa shape index (κ2) is 8.16. The number of nitrogens with one attached hydrogen (secondary N) is 1. The molecule has 0 fully saturated rings. The first kappa shape index (κ1) is 15.0. The van der Waals surface area contributed by atoms with Crippen LogP contribution in [0.2, 0.25) is 0 Å². The standard InChI is InChI=1S/C4H10N3O2PS.Na/c1-3(2-10(8)9)6-7-4(5)11;/h10H,2H2,1H3,(H,8,9)(H3,5,7,11);/q;+1/p-1. The molecule has 0 bridgehead atoms. The molecule has 0 radical (unpaired) electrons. The fourth-order valence-corrected chi connectivity index (χ4v) is 0.941. The monoisotopic (exact) mass is 217 g/mol. The van der Waals surface area contributed by atoms with Crippen LogP contribution in [0.4, 0.5) is 0 Å². The summed E-state index contributed by atoms with van der Waals surface area (Å²) in [4.78, 5) is 10.2. The van der Waals surface area contributed by atoms with Gasteiger partial charge in [0, 0.05) is 19.9 Å². The van der Waals surface area contributed by atoms with E-state index >= 15 is 0 Å². The predicted molar refractivity (Wildman–Crippen MR) is 46.9 cm³/mol. The second-order valence-corrected chi connectivity index (χ2v) is 3.41. The van der Waals surface area contributed by atoms with E-state index in [4.69, 9.17) is 5.73 Å². The van der Waals surface area contributed by atoms with Gasteiger partial charge >= 0.3 is 29.6 Å². The summed E-state index contributed by atoms with van der Waals surface area (Å²) in [5, 5.41) is 3.61. The fraction of sp³-hybridized carbons (Fsp3) is 0.500. The van der Waals surface area contributed by atoms with Crippen molar-refractivity contribution in [1.82, 2.24) is 5.43 Å². The summed E-state index contributed by atoms with van der Waals surface area (Å²) in [6.07, 6.45) is -0.0414. The topological polar surface area (TPSA) is 90.5 Å². The van der Waals surface area contributed by atoms with Crippen molar-refractivity contribution in [3.05, 3.63) is 0 Å². The Kier molecular flexibility index (Phi) is 10.2. The first-order chi connectivity index (χ1) is 5.02. The maximum Gasteiger partial charge on any atom is 1.00 e. The van der Waals surface area contributed by atoms with Crippen LogP contribution in [0.3, 0.4) is 0 Å². The van der Waals surface area contributed by atoms with E-state index in [0.717, 1.165) is 0 Å². The van der Waals surface area contributed by atoms with E-state index in [-0.39, 0.29) is 40.8 Å². The van der Waals surface area contributed by atoms with Crippen molar-refractivity contribution in [2.45, 2.75) is 6.92 Å². The average Bonchev–Trinajstić information content (AvgIpc) is 1.82. The van der Waals surface area contributed by atoms with Gasteiger partial charge in [0.25, 0.3) is 0 Å². The zero-order chi connectivity index (χ0) is 8.85. The maximum atomic E-state index is 10.2. The van der Waals surface area contributed by atoms with Gasteiger partial charge in [-0.1, -0.05) is 0 Å². The maximum absolute atomic E-state index is 10.2. The summed E-state index contributed by atoms with van der Waals surface area (Å²) in [7, 11) is -2.74. The van der Waals surface area contributed by atoms with Crippen LogP contribution in [0.5, 0.6) is 0 Å². The molecule has 12 heavy (non-hydrogen) atoms. The number of hydrazone groups is 1. The van der Waals surface area contributed by atoms with E-state index < -0.39 is 8.03 Å². The number of hydrogen-bond donors (Lipinski definition) is 2. The molecule has 3 N–H and O–H groups in total. The van der Waals surface area contributed by atoms with Crippen molar-refractivity contribution < 1.29 is 39.0 Å². The van der Waals surface area contributed by atoms with E-state index in [9.17, 15) is 9.46 Å². The van der Waals surface area contributed by atoms with Crippen molar-refractivity contribution in [1.29, 1.82) is 0 Å². The van der Waals surface area contributed by atoms with Crippen molar-refractivity contribution in [3.8, 4) is 0 Å². The molecule has 0 saturated heterocycles. The average molecular weight is 217 g/mol. The quantitative estimate of drug-likeness (QED) is 0.165. The van der Waals surface area contributed by atoms with Crippen LogP contribution >= 0.6 is 20.2 Å². The van der Waals surface area contributed by atoms with Crippen molar-refractivity contribution in [2.24, 2.45) is 10.8 Å². The molecule has 0 spiro atoms. The molecule has 0 aromatic heterocycles. The molecule has 0 aliphatic heterocycles. The molecule has 1 atom stereocenters. The van der Waals surface area contributed by atoms with Crippen LogP contribution in [-0.4, -0.2) is 17.0 Å². The normalized spacial score (nSPS) is 13.0. The van der Waals surface area contributed by atoms with Gasteiger partial charge in [0.1, 0.15) is 0 Å². The smallest absolute Gasteiger partial charge is 0.801 e. The van der Waals surface area contributed by atoms with Gasteiger partial charge < -0.3 is 15.2 Å². The van der Waals surface area contributed by atoms with Gasteiger partial charge in [-0.15, -0.1) is 0 Å². The summed E-state index contributed by atoms with van der Waals surface area (Å²) in [6.45, 7) is 1.58. The van der Waals surface area contributed by atoms with Crippen molar-refractivity contribution in [2.75, 3.05) is 6.16 Å². The zero-order valence-corrected chi connectivity index (χ0v) is 10.8. The number of rotatable bonds is 3. The molecular weight excluding hydrogens is 208 g/mol. The third-order valence-corrected chi connectivity index (χ3v) is 1.65. The van der Waals surface area contributed by atoms with Crippen LogP contribution in [0.1, 0.15) is 6.92 Å². The Morgan fingerprint density at radius 1 is 1.83 bits per heavy atom. The predicted octanol–water partition coefficient (Wildman–Crippen LogP) is -3.97. The zero-order valence-electron chi connectivity index (χ0n) is 6.96. The minimum absolute atomic E-state index is 0. The first-order valence-electron chi connectivity index (χ1n) is 2.81. The Balaban J connectivity index is 0. The van der Waals surface area contributed by atoms with E-state index in [2.05, 4.69) is 22.7 Å². The Morgan fingerprint density at radius 2 is 2.33 bits per heavy atom. The molecule has 8 heteroatoms. The Labute approximate surface area is 98.9 Å². The molecule has 0 aliphatic carbocycles. The third-order valence-electron chi connectivity index (χ3n) is 0.757. The molecule has 0 aromatic rings. The van der Waals surface area contributed by atoms with Gasteiger partial charge in [-0.2, -0.15) is 5.10 Å². The van der Waals surface area contributed by atoms with Crippen LogP contribution in [0.15, 0.2) is 5.10 Å². The number of thiocarbonyl (C=S) groups is 1. The molecule has 5 nitrogen and oxygen atoms in total. The Hall–Kier alpha value is 0.550. The Morgan fingerprint density at radius 3 is 2.67 bits per heavy atom. The molecule has 1 unspecified atom stereocenters. The molecule has 0 rings (SSSR count). The van der Waals surface area contributed by atoms with Crippen molar-refractivity contribution in [3.63, 3.8) is 0 Å². The number of nitrogens with two attached hydrogens (primary N) is 1. The molecule has 0 heterocycles. The van der Waals surface area contributed by atoms with Gasteiger partial charge in [0.05, 0.1) is 0 Å². The second-order valence-electron chi connectivity index (χ2n) is 1.87. The summed E-state index contributed by atoms with van der Waals surface area (Å²) < 4.78 is 10.2. The summed E-state index contributed by atoms with van der Waals surface area (Å²) >= 11 is 4.44. The van der Waals surface area contributed by atoms with Gasteiger partial charge in [-0.05, 0) is 19.1 Å². The largest absolute Gasteiger partial charge is 1.00 e. The van der Waals surface area contributed by atoms with Gasteiger partial charge in [-0.3, -0.25) is 5.43 Å². The van der Waals surface area contributed by atoms with E-state index in [0.29, 0.717) is 5.71 Å². The number of nitrogens with zero attached hydrogens (tertiary/aromatic N) is 1. The minimum Gasteiger partial charge on any atom is -0.801 e. The molecule has 0 saturated carbocycles. The molecular formula is C4H9N3NaO2PS. The summed E-state index contributed by atoms with van der Waals surface area (Å²) in [5.74, 6) is 0. The van der Waals surface area contributed by atoms with Gasteiger partial charge in [0.2, 0.25) is 0 Å². The van der Waals surface area contributed by atoms with Crippen LogP contribution < -0.4 is 45.6 Å². The summed E-state index contributed by atoms with van der Waals surface area (Å²) in [6, 6.07) is 0. The summed E-state index contributed by atoms with van der Waals surface area (Å²) in [5.41, 5.74) is 7.76. The minimum atomic E-state index is -2.74. The van der Waals surface area contributed by atoms with Gasteiger partial charge in [0.15, 0.2) is 5.11 Å². The van der Waals surface area contributed by atoms with E-state index in [1.165, 1.54) is 0 Å². The SMILES string of the molecule is CC(C[PH](=O)[O-])=NNC(N)=S.[Na+]. The molecule has 0 amide bonds. The molecule has 0 aliphatic rings. The van der Waals surface area contributed by atoms with Crippen LogP contribution in [0, 0.1) is 0 Å². The third kappa shape index (κ3) is 10.6. The van der Waals surface area contributed by atoms with Gasteiger partial charge in [-0.25, -0.2) is 0 Å². The molecule has 0 aromatic carbocycles. The van der Waals surface area contributed by atoms with Crippen LogP contribution in [-0.2, 0) is 4.57 Å². The van der Waals surface area contributed by atoms with E-state index in [1.54, 1.807) is 6.92 Å². The fourth-order valence-electron chi connectivity index (χ4n) is 0.399. The Bertz CT molecular complexity index is 210. The number of hydrogen-bond acceptors (Lipinski definition) is 4. The van der Waals surface area contributed by atoms with Crippen LogP contribution in [0.25, 0.3) is 0 Å².